The maximum absolute atomic E-state index is 12.8. The van der Waals surface area contributed by atoms with E-state index in [9.17, 15) is 8.42 Å². The molecule has 2 aromatic heterocycles. The van der Waals surface area contributed by atoms with Gasteiger partial charge in [0, 0.05) is 37.5 Å². The van der Waals surface area contributed by atoms with Crippen LogP contribution in [0.3, 0.4) is 0 Å². The first-order chi connectivity index (χ1) is 9.43. The predicted molar refractivity (Wildman–Crippen MR) is 85.4 cm³/mol. The summed E-state index contributed by atoms with van der Waals surface area (Å²) in [7, 11) is -0.302. The van der Waals surface area contributed by atoms with Gasteiger partial charge in [0.25, 0.3) is 10.0 Å². The summed E-state index contributed by atoms with van der Waals surface area (Å²) in [5.74, 6) is 1.14. The van der Waals surface area contributed by atoms with Gasteiger partial charge in [0.05, 0.1) is 0 Å². The molecule has 0 saturated heterocycles. The van der Waals surface area contributed by atoms with Crippen molar-refractivity contribution in [2.45, 2.75) is 18.0 Å². The Hall–Kier alpha value is -0.770. The molecule has 1 N–H and O–H groups in total. The van der Waals surface area contributed by atoms with Crippen molar-refractivity contribution >= 4 is 43.9 Å². The van der Waals surface area contributed by atoms with E-state index in [4.69, 9.17) is 0 Å². The topological polar surface area (TPSA) is 66.7 Å². The maximum atomic E-state index is 12.8. The van der Waals surface area contributed by atoms with Gasteiger partial charge in [0.1, 0.15) is 0 Å². The molecule has 0 aliphatic carbocycles. The summed E-state index contributed by atoms with van der Waals surface area (Å²) in [6.07, 6.45) is 3.69. The molecule has 0 fully saturated rings. The third-order valence-electron chi connectivity index (χ3n) is 3.11. The van der Waals surface area contributed by atoms with Gasteiger partial charge in [-0.25, -0.2) is 13.4 Å². The maximum Gasteiger partial charge on any atom is 0.262 e. The highest BCUT2D eigenvalue weighted by Crippen LogP contribution is 2.28. The van der Waals surface area contributed by atoms with E-state index in [2.05, 4.69) is 10.3 Å². The minimum Gasteiger partial charge on any atom is -0.371 e. The Kier molecular flexibility index (Phi) is 4.62. The van der Waals surface area contributed by atoms with Crippen LogP contribution in [0.2, 0.25) is 0 Å². The number of rotatable bonds is 6. The Morgan fingerprint density at radius 3 is 2.90 bits per heavy atom. The lowest BCUT2D eigenvalue weighted by molar-refractivity contribution is 0.413. The number of aromatic nitrogens is 2. The minimum absolute atomic E-state index is 0.0797. The lowest BCUT2D eigenvalue weighted by Gasteiger charge is -2.23. The second-order valence-electron chi connectivity index (χ2n) is 4.40. The van der Waals surface area contributed by atoms with E-state index < -0.39 is 10.0 Å². The quantitative estimate of drug-likeness (QED) is 0.873. The van der Waals surface area contributed by atoms with Crippen LogP contribution in [0.15, 0.2) is 16.6 Å². The molecule has 0 aliphatic rings. The zero-order valence-corrected chi connectivity index (χ0v) is 14.3. The van der Waals surface area contributed by atoms with Gasteiger partial charge in [-0.1, -0.05) is 0 Å². The molecular weight excluding hydrogens is 316 g/mol. The molecule has 112 valence electrons. The van der Waals surface area contributed by atoms with Crippen LogP contribution in [-0.2, 0) is 10.0 Å². The standard InChI is InChI=1S/C11H18N4O2S3/c1-8(7-18-4)14(3)20(16,17)10-9(12-2)13-11-15(10)5-6-19-11/h5-6,8,12H,7H2,1-4H3. The number of thiazole rings is 1. The number of nitrogens with zero attached hydrogens (tertiary/aromatic N) is 3. The van der Waals surface area contributed by atoms with Crippen molar-refractivity contribution in [3.8, 4) is 0 Å². The molecule has 20 heavy (non-hydrogen) atoms. The summed E-state index contributed by atoms with van der Waals surface area (Å²) in [6, 6.07) is -0.0797. The molecule has 0 bridgehead atoms. The SMILES string of the molecule is CNc1nc2sccn2c1S(=O)(=O)N(C)C(C)CSC. The van der Waals surface area contributed by atoms with Gasteiger partial charge in [-0.05, 0) is 13.2 Å². The van der Waals surface area contributed by atoms with Gasteiger partial charge in [-0.3, -0.25) is 4.40 Å². The molecular formula is C11H18N4O2S3. The van der Waals surface area contributed by atoms with E-state index in [0.29, 0.717) is 10.8 Å². The summed E-state index contributed by atoms with van der Waals surface area (Å²) < 4.78 is 28.7. The van der Waals surface area contributed by atoms with Crippen molar-refractivity contribution in [2.75, 3.05) is 31.4 Å². The number of hydrogen-bond donors (Lipinski definition) is 1. The van der Waals surface area contributed by atoms with Crippen LogP contribution < -0.4 is 5.32 Å². The Labute approximate surface area is 127 Å². The highest BCUT2D eigenvalue weighted by Gasteiger charge is 2.31. The van der Waals surface area contributed by atoms with Crippen LogP contribution in [0.5, 0.6) is 0 Å². The van der Waals surface area contributed by atoms with Crippen LogP contribution in [0.1, 0.15) is 6.92 Å². The molecule has 0 radical (unpaired) electrons. The molecule has 2 rings (SSSR count). The van der Waals surface area contributed by atoms with Crippen LogP contribution in [0.25, 0.3) is 4.96 Å². The Morgan fingerprint density at radius 2 is 2.30 bits per heavy atom. The van der Waals surface area contributed by atoms with Crippen molar-refractivity contribution in [1.29, 1.82) is 0 Å². The molecule has 0 amide bonds. The van der Waals surface area contributed by atoms with Crippen molar-refractivity contribution < 1.29 is 8.42 Å². The highest BCUT2D eigenvalue weighted by atomic mass is 32.2. The number of nitrogens with one attached hydrogen (secondary N) is 1. The third kappa shape index (κ3) is 2.54. The monoisotopic (exact) mass is 334 g/mol. The largest absolute Gasteiger partial charge is 0.371 e. The Morgan fingerprint density at radius 1 is 1.60 bits per heavy atom. The molecule has 0 aromatic carbocycles. The summed E-state index contributed by atoms with van der Waals surface area (Å²) >= 11 is 3.03. The van der Waals surface area contributed by atoms with Crippen molar-refractivity contribution in [1.82, 2.24) is 13.7 Å². The van der Waals surface area contributed by atoms with Gasteiger partial charge in [0.15, 0.2) is 15.8 Å². The normalized spacial score (nSPS) is 14.1. The average Bonchev–Trinajstić information content (AvgIpc) is 2.96. The van der Waals surface area contributed by atoms with Crippen LogP contribution >= 0.6 is 23.1 Å². The molecule has 9 heteroatoms. The van der Waals surface area contributed by atoms with E-state index in [0.717, 1.165) is 5.75 Å². The number of fused-ring (bicyclic) bond motifs is 1. The molecule has 0 spiro atoms. The second-order valence-corrected chi connectivity index (χ2v) is 8.09. The molecule has 2 aromatic rings. The molecule has 0 aliphatic heterocycles. The zero-order chi connectivity index (χ0) is 14.9. The summed E-state index contributed by atoms with van der Waals surface area (Å²) in [4.78, 5) is 4.97. The fourth-order valence-corrected chi connectivity index (χ4v) is 5.07. The summed E-state index contributed by atoms with van der Waals surface area (Å²) in [6.45, 7) is 1.90. The zero-order valence-electron chi connectivity index (χ0n) is 11.8. The van der Waals surface area contributed by atoms with E-state index in [1.54, 1.807) is 36.5 Å². The van der Waals surface area contributed by atoms with Gasteiger partial charge in [-0.2, -0.15) is 16.1 Å². The highest BCUT2D eigenvalue weighted by molar-refractivity contribution is 7.98. The van der Waals surface area contributed by atoms with E-state index in [1.807, 2.05) is 18.6 Å². The first-order valence-corrected chi connectivity index (χ1v) is 9.75. The molecule has 2 heterocycles. The predicted octanol–water partition coefficient (Wildman–Crippen LogP) is 1.81. The minimum atomic E-state index is -3.59. The molecule has 6 nitrogen and oxygen atoms in total. The molecule has 0 saturated carbocycles. The molecule has 1 atom stereocenters. The third-order valence-corrected chi connectivity index (χ3v) is 6.68. The summed E-state index contributed by atoms with van der Waals surface area (Å²) in [5, 5.41) is 4.89. The van der Waals surface area contributed by atoms with Crippen LogP contribution in [0.4, 0.5) is 5.82 Å². The van der Waals surface area contributed by atoms with Crippen LogP contribution in [0, 0.1) is 0 Å². The van der Waals surface area contributed by atoms with Crippen molar-refractivity contribution in [3.63, 3.8) is 0 Å². The Balaban J connectivity index is 2.53. The second kappa shape index (κ2) is 5.92. The summed E-state index contributed by atoms with van der Waals surface area (Å²) in [5.41, 5.74) is 0. The first-order valence-electron chi connectivity index (χ1n) is 6.03. The molecule has 1 unspecified atom stereocenters. The lowest BCUT2D eigenvalue weighted by Crippen LogP contribution is -2.37. The van der Waals surface area contributed by atoms with Gasteiger partial charge in [-0.15, -0.1) is 11.3 Å². The fraction of sp³-hybridized carbons (Fsp3) is 0.545. The van der Waals surface area contributed by atoms with Crippen molar-refractivity contribution in [3.05, 3.63) is 11.6 Å². The van der Waals surface area contributed by atoms with E-state index >= 15 is 0 Å². The number of thioether (sulfide) groups is 1. The first kappa shape index (κ1) is 15.6. The number of imidazole rings is 1. The van der Waals surface area contributed by atoms with E-state index in [1.165, 1.54) is 15.6 Å². The van der Waals surface area contributed by atoms with E-state index in [-0.39, 0.29) is 11.1 Å². The smallest absolute Gasteiger partial charge is 0.262 e. The Bertz CT molecular complexity index is 692. The van der Waals surface area contributed by atoms with Crippen LogP contribution in [-0.4, -0.2) is 54.3 Å². The number of hydrogen-bond acceptors (Lipinski definition) is 6. The van der Waals surface area contributed by atoms with Gasteiger partial charge >= 0.3 is 0 Å². The fourth-order valence-electron chi connectivity index (χ4n) is 1.89. The van der Waals surface area contributed by atoms with Gasteiger partial charge < -0.3 is 5.32 Å². The number of sulfonamides is 1. The average molecular weight is 334 g/mol. The number of anilines is 1. The van der Waals surface area contributed by atoms with Crippen molar-refractivity contribution in [2.24, 2.45) is 0 Å². The lowest BCUT2D eigenvalue weighted by atomic mass is 10.4. The van der Waals surface area contributed by atoms with Gasteiger partial charge in [0.2, 0.25) is 0 Å².